The molecule has 0 heterocycles. The van der Waals surface area contributed by atoms with E-state index in [-0.39, 0.29) is 17.9 Å². The number of benzene rings is 1. The van der Waals surface area contributed by atoms with E-state index in [1.165, 1.54) is 11.8 Å². The van der Waals surface area contributed by atoms with Gasteiger partial charge in [0, 0.05) is 20.0 Å². The number of rotatable bonds is 4. The van der Waals surface area contributed by atoms with E-state index in [0.29, 0.717) is 11.3 Å². The van der Waals surface area contributed by atoms with E-state index in [1.807, 2.05) is 19.9 Å². The van der Waals surface area contributed by atoms with Gasteiger partial charge in [-0.1, -0.05) is 19.1 Å². The minimum absolute atomic E-state index is 0.0983. The van der Waals surface area contributed by atoms with E-state index in [4.69, 9.17) is 0 Å². The van der Waals surface area contributed by atoms with Crippen LogP contribution in [0.25, 0.3) is 0 Å². The lowest BCUT2D eigenvalue weighted by Gasteiger charge is -2.19. The van der Waals surface area contributed by atoms with Crippen molar-refractivity contribution in [2.24, 2.45) is 0 Å². The summed E-state index contributed by atoms with van der Waals surface area (Å²) in [5.41, 5.74) is 1.15. The number of nitrogens with one attached hydrogen (secondary N) is 1. The summed E-state index contributed by atoms with van der Waals surface area (Å²) in [6.07, 6.45) is 0.871. The van der Waals surface area contributed by atoms with Crippen LogP contribution in [0, 0.1) is 0 Å². The Labute approximate surface area is 108 Å². The fourth-order valence-electron chi connectivity index (χ4n) is 1.53. The van der Waals surface area contributed by atoms with Crippen molar-refractivity contribution in [3.8, 4) is 0 Å². The average molecular weight is 248 g/mol. The quantitative estimate of drug-likeness (QED) is 0.888. The Morgan fingerprint density at radius 2 is 1.94 bits per heavy atom. The van der Waals surface area contributed by atoms with Gasteiger partial charge in [-0.3, -0.25) is 9.59 Å². The van der Waals surface area contributed by atoms with Crippen molar-refractivity contribution in [3.63, 3.8) is 0 Å². The third-order valence-corrected chi connectivity index (χ3v) is 2.97. The van der Waals surface area contributed by atoms with E-state index >= 15 is 0 Å². The number of nitrogens with zero attached hydrogens (tertiary/aromatic N) is 1. The fourth-order valence-corrected chi connectivity index (χ4v) is 1.53. The third-order valence-electron chi connectivity index (χ3n) is 2.97. The molecule has 1 rings (SSSR count). The zero-order valence-corrected chi connectivity index (χ0v) is 11.4. The Hall–Kier alpha value is -1.84. The lowest BCUT2D eigenvalue weighted by atomic mass is 10.1. The summed E-state index contributed by atoms with van der Waals surface area (Å²) in [6, 6.07) is 7.23. The van der Waals surface area contributed by atoms with Gasteiger partial charge in [0.15, 0.2) is 0 Å². The molecule has 0 aliphatic carbocycles. The molecule has 0 saturated carbocycles. The Morgan fingerprint density at radius 1 is 1.33 bits per heavy atom. The zero-order chi connectivity index (χ0) is 13.7. The summed E-state index contributed by atoms with van der Waals surface area (Å²) in [4.78, 5) is 25.0. The molecule has 0 aromatic heterocycles. The maximum Gasteiger partial charge on any atom is 0.253 e. The van der Waals surface area contributed by atoms with Crippen LogP contribution in [0.1, 0.15) is 37.6 Å². The van der Waals surface area contributed by atoms with Crippen molar-refractivity contribution < 1.29 is 9.59 Å². The number of hydrogen-bond acceptors (Lipinski definition) is 2. The van der Waals surface area contributed by atoms with Crippen LogP contribution in [-0.2, 0) is 4.79 Å². The van der Waals surface area contributed by atoms with E-state index in [1.54, 1.807) is 25.2 Å². The minimum atomic E-state index is -0.145. The normalized spacial score (nSPS) is 11.8. The van der Waals surface area contributed by atoms with E-state index in [9.17, 15) is 9.59 Å². The van der Waals surface area contributed by atoms with Gasteiger partial charge in [-0.2, -0.15) is 0 Å². The average Bonchev–Trinajstić information content (AvgIpc) is 2.37. The van der Waals surface area contributed by atoms with Gasteiger partial charge in [0.2, 0.25) is 5.91 Å². The third kappa shape index (κ3) is 3.32. The van der Waals surface area contributed by atoms with Gasteiger partial charge in [-0.05, 0) is 25.5 Å². The van der Waals surface area contributed by atoms with Crippen molar-refractivity contribution in [2.75, 3.05) is 11.9 Å². The molecule has 0 bridgehead atoms. The molecule has 1 atom stereocenters. The van der Waals surface area contributed by atoms with Crippen LogP contribution in [0.5, 0.6) is 0 Å². The van der Waals surface area contributed by atoms with Crippen LogP contribution in [0.3, 0.4) is 0 Å². The van der Waals surface area contributed by atoms with E-state index < -0.39 is 0 Å². The SMILES string of the molecule is CCC(C)NC(=O)c1ccccc1N(C)C(C)=O. The van der Waals surface area contributed by atoms with E-state index in [2.05, 4.69) is 5.32 Å². The number of hydrogen-bond donors (Lipinski definition) is 1. The summed E-state index contributed by atoms with van der Waals surface area (Å²) in [5, 5.41) is 2.90. The van der Waals surface area contributed by atoms with Gasteiger partial charge in [0.05, 0.1) is 11.3 Å². The van der Waals surface area contributed by atoms with Crippen LogP contribution < -0.4 is 10.2 Å². The van der Waals surface area contributed by atoms with Gasteiger partial charge < -0.3 is 10.2 Å². The number of carbonyl (C=O) groups excluding carboxylic acids is 2. The van der Waals surface area contributed by atoms with Crippen molar-refractivity contribution in [2.45, 2.75) is 33.2 Å². The predicted octanol–water partition coefficient (Wildman–Crippen LogP) is 2.20. The predicted molar refractivity (Wildman–Crippen MR) is 72.7 cm³/mol. The Bertz CT molecular complexity index is 443. The van der Waals surface area contributed by atoms with Gasteiger partial charge >= 0.3 is 0 Å². The first-order valence-corrected chi connectivity index (χ1v) is 6.11. The molecule has 18 heavy (non-hydrogen) atoms. The number of para-hydroxylation sites is 1. The molecule has 1 unspecified atom stereocenters. The maximum atomic E-state index is 12.1. The molecule has 0 aliphatic rings. The molecule has 1 aromatic carbocycles. The Kier molecular flexibility index (Phi) is 4.89. The van der Waals surface area contributed by atoms with Gasteiger partial charge in [-0.25, -0.2) is 0 Å². The molecule has 0 aliphatic heterocycles. The second-order valence-electron chi connectivity index (χ2n) is 4.38. The molecule has 1 N–H and O–H groups in total. The van der Waals surface area contributed by atoms with Gasteiger partial charge in [0.1, 0.15) is 0 Å². The summed E-state index contributed by atoms with van der Waals surface area (Å²) in [7, 11) is 1.66. The standard InChI is InChI=1S/C14H20N2O2/c1-5-10(2)15-14(18)12-8-6-7-9-13(12)16(4)11(3)17/h6-10H,5H2,1-4H3,(H,15,18). The second kappa shape index (κ2) is 6.19. The fraction of sp³-hybridized carbons (Fsp3) is 0.429. The van der Waals surface area contributed by atoms with Gasteiger partial charge in [0.25, 0.3) is 5.91 Å². The smallest absolute Gasteiger partial charge is 0.253 e. The van der Waals surface area contributed by atoms with Gasteiger partial charge in [-0.15, -0.1) is 0 Å². The lowest BCUT2D eigenvalue weighted by molar-refractivity contribution is -0.116. The highest BCUT2D eigenvalue weighted by molar-refractivity contribution is 6.04. The second-order valence-corrected chi connectivity index (χ2v) is 4.38. The number of amides is 2. The highest BCUT2D eigenvalue weighted by Crippen LogP contribution is 2.19. The first kappa shape index (κ1) is 14.2. The van der Waals surface area contributed by atoms with Crippen molar-refractivity contribution in [1.82, 2.24) is 5.32 Å². The van der Waals surface area contributed by atoms with E-state index in [0.717, 1.165) is 6.42 Å². The van der Waals surface area contributed by atoms with Crippen LogP contribution in [0.15, 0.2) is 24.3 Å². The molecular formula is C14H20N2O2. The van der Waals surface area contributed by atoms with Crippen LogP contribution in [0.4, 0.5) is 5.69 Å². The molecule has 1 aromatic rings. The Balaban J connectivity index is 3.02. The number of anilines is 1. The van der Waals surface area contributed by atoms with Crippen molar-refractivity contribution in [3.05, 3.63) is 29.8 Å². The largest absolute Gasteiger partial charge is 0.350 e. The molecule has 0 spiro atoms. The summed E-state index contributed by atoms with van der Waals surface area (Å²) >= 11 is 0. The molecule has 98 valence electrons. The highest BCUT2D eigenvalue weighted by atomic mass is 16.2. The molecule has 2 amide bonds. The molecule has 0 radical (unpaired) electrons. The lowest BCUT2D eigenvalue weighted by Crippen LogP contribution is -2.34. The minimum Gasteiger partial charge on any atom is -0.350 e. The number of carbonyl (C=O) groups is 2. The van der Waals surface area contributed by atoms with Crippen LogP contribution in [-0.4, -0.2) is 24.9 Å². The highest BCUT2D eigenvalue weighted by Gasteiger charge is 2.16. The van der Waals surface area contributed by atoms with Crippen LogP contribution >= 0.6 is 0 Å². The topological polar surface area (TPSA) is 49.4 Å². The first-order chi connectivity index (χ1) is 8.47. The monoisotopic (exact) mass is 248 g/mol. The van der Waals surface area contributed by atoms with Crippen molar-refractivity contribution in [1.29, 1.82) is 0 Å². The molecule has 4 nitrogen and oxygen atoms in total. The zero-order valence-electron chi connectivity index (χ0n) is 11.4. The molecule has 0 saturated heterocycles. The molecular weight excluding hydrogens is 228 g/mol. The summed E-state index contributed by atoms with van der Waals surface area (Å²) < 4.78 is 0. The maximum absolute atomic E-state index is 12.1. The molecule has 4 heteroatoms. The molecule has 0 fully saturated rings. The van der Waals surface area contributed by atoms with Crippen molar-refractivity contribution >= 4 is 17.5 Å². The van der Waals surface area contributed by atoms with Crippen LogP contribution in [0.2, 0.25) is 0 Å². The first-order valence-electron chi connectivity index (χ1n) is 6.11. The summed E-state index contributed by atoms with van der Waals surface area (Å²) in [6.45, 7) is 5.44. The summed E-state index contributed by atoms with van der Waals surface area (Å²) in [5.74, 6) is -0.244. The Morgan fingerprint density at radius 3 is 2.50 bits per heavy atom.